The number of hydrogen-bond donors (Lipinski definition) is 1. The topological polar surface area (TPSA) is 62.3 Å². The number of anilines is 1. The number of Topliss-reactive ketones (excluding diaryl/α,β-unsaturated/α-hetero) is 1. The predicted octanol–water partition coefficient (Wildman–Crippen LogP) is 4.86. The van der Waals surface area contributed by atoms with Crippen molar-refractivity contribution in [3.63, 3.8) is 0 Å². The number of hydrogen-bond acceptors (Lipinski definition) is 5. The van der Waals surface area contributed by atoms with Crippen LogP contribution in [0, 0.1) is 12.8 Å². The SMILES string of the molecule is Cc1ccc2c(c1)[C@]1(C(=O)N2)[C@H](C(=O)c2cccnc2)[C@H](c2ccc(Cl)cc2)[C@H]2CSCN21. The normalized spacial score (nSPS) is 28.1. The number of halogens is 1. The van der Waals surface area contributed by atoms with Crippen LogP contribution in [0.15, 0.2) is 67.0 Å². The van der Waals surface area contributed by atoms with E-state index < -0.39 is 11.5 Å². The first-order chi connectivity index (χ1) is 16.0. The molecule has 4 atom stereocenters. The van der Waals surface area contributed by atoms with Gasteiger partial charge in [0.25, 0.3) is 0 Å². The summed E-state index contributed by atoms with van der Waals surface area (Å²) in [6, 6.07) is 17.4. The lowest BCUT2D eigenvalue weighted by Gasteiger charge is -2.36. The van der Waals surface area contributed by atoms with Gasteiger partial charge in [0.15, 0.2) is 5.78 Å². The molecule has 2 saturated heterocycles. The molecule has 166 valence electrons. The van der Waals surface area contributed by atoms with Gasteiger partial charge in [-0.05, 0) is 42.8 Å². The van der Waals surface area contributed by atoms with Gasteiger partial charge in [0, 0.05) is 57.8 Å². The van der Waals surface area contributed by atoms with Gasteiger partial charge in [-0.3, -0.25) is 19.5 Å². The third-order valence-corrected chi connectivity index (χ3v) is 8.55. The minimum atomic E-state index is -1.06. The molecule has 6 rings (SSSR count). The Morgan fingerprint density at radius 2 is 2.03 bits per heavy atom. The number of benzene rings is 2. The van der Waals surface area contributed by atoms with Crippen LogP contribution in [0.1, 0.15) is 33.0 Å². The lowest BCUT2D eigenvalue weighted by Crippen LogP contribution is -2.52. The second-order valence-electron chi connectivity index (χ2n) is 8.97. The summed E-state index contributed by atoms with van der Waals surface area (Å²) in [4.78, 5) is 34.7. The highest BCUT2D eigenvalue weighted by atomic mass is 35.5. The molecule has 2 aromatic carbocycles. The van der Waals surface area contributed by atoms with Crippen molar-refractivity contribution >= 4 is 40.7 Å². The Bertz CT molecular complexity index is 1270. The maximum atomic E-state index is 14.3. The molecular formula is C26H22ClN3O2S. The molecule has 0 unspecified atom stereocenters. The molecule has 3 aliphatic rings. The van der Waals surface area contributed by atoms with Crippen molar-refractivity contribution in [2.75, 3.05) is 16.9 Å². The van der Waals surface area contributed by atoms with Crippen molar-refractivity contribution in [3.05, 3.63) is 94.3 Å². The molecule has 1 aromatic heterocycles. The van der Waals surface area contributed by atoms with Crippen molar-refractivity contribution in [1.29, 1.82) is 0 Å². The van der Waals surface area contributed by atoms with Gasteiger partial charge < -0.3 is 5.32 Å². The third kappa shape index (κ3) is 2.94. The van der Waals surface area contributed by atoms with Crippen LogP contribution in [0.25, 0.3) is 0 Å². The number of aryl methyl sites for hydroxylation is 1. The highest BCUT2D eigenvalue weighted by molar-refractivity contribution is 7.99. The summed E-state index contributed by atoms with van der Waals surface area (Å²) in [6.07, 6.45) is 3.27. The standard InChI is InChI=1S/C26H22ClN3O2S/c1-15-4-9-20-19(11-15)26(25(32)29-20)23(24(31)17-3-2-10-28-12-17)22(21-13-33-14-30(21)26)16-5-7-18(27)8-6-16/h2-12,21-23H,13-14H2,1H3,(H,29,32)/t21-,22-,23+,26-/m1/s1. The van der Waals surface area contributed by atoms with Crippen molar-refractivity contribution in [1.82, 2.24) is 9.88 Å². The number of amides is 1. The molecule has 4 heterocycles. The number of carbonyl (C=O) groups is 2. The number of rotatable bonds is 3. The molecule has 0 radical (unpaired) electrons. The fourth-order valence-electron chi connectivity index (χ4n) is 5.94. The zero-order chi connectivity index (χ0) is 22.7. The van der Waals surface area contributed by atoms with E-state index in [1.807, 2.05) is 55.1 Å². The van der Waals surface area contributed by atoms with Crippen LogP contribution in [0.4, 0.5) is 5.69 Å². The van der Waals surface area contributed by atoms with Crippen molar-refractivity contribution in [2.24, 2.45) is 5.92 Å². The summed E-state index contributed by atoms with van der Waals surface area (Å²) in [5.41, 5.74) is 3.26. The first kappa shape index (κ1) is 20.9. The van der Waals surface area contributed by atoms with Crippen LogP contribution >= 0.6 is 23.4 Å². The van der Waals surface area contributed by atoms with Crippen LogP contribution in [0.5, 0.6) is 0 Å². The monoisotopic (exact) mass is 475 g/mol. The molecule has 33 heavy (non-hydrogen) atoms. The van der Waals surface area contributed by atoms with E-state index in [4.69, 9.17) is 11.6 Å². The maximum Gasteiger partial charge on any atom is 0.250 e. The smallest absolute Gasteiger partial charge is 0.250 e. The number of nitrogens with one attached hydrogen (secondary N) is 1. The number of thioether (sulfide) groups is 1. The van der Waals surface area contributed by atoms with Crippen LogP contribution < -0.4 is 5.32 Å². The molecule has 0 aliphatic carbocycles. The van der Waals surface area contributed by atoms with Crippen LogP contribution in [0.3, 0.4) is 0 Å². The molecule has 3 aliphatic heterocycles. The molecule has 1 spiro atoms. The highest BCUT2D eigenvalue weighted by Gasteiger charge is 2.69. The summed E-state index contributed by atoms with van der Waals surface area (Å²) in [6.45, 7) is 2.02. The largest absolute Gasteiger partial charge is 0.324 e. The minimum absolute atomic E-state index is 0.0491. The van der Waals surface area contributed by atoms with Gasteiger partial charge in [0.05, 0.1) is 5.92 Å². The average molecular weight is 476 g/mol. The molecule has 7 heteroatoms. The minimum Gasteiger partial charge on any atom is -0.324 e. The molecule has 5 nitrogen and oxygen atoms in total. The summed E-state index contributed by atoms with van der Waals surface area (Å²) < 4.78 is 0. The van der Waals surface area contributed by atoms with Crippen LogP contribution in [-0.2, 0) is 10.3 Å². The van der Waals surface area contributed by atoms with Crippen molar-refractivity contribution in [3.8, 4) is 0 Å². The first-order valence-corrected chi connectivity index (χ1v) is 12.5. The number of aromatic nitrogens is 1. The van der Waals surface area contributed by atoms with E-state index in [2.05, 4.69) is 21.3 Å². The zero-order valence-corrected chi connectivity index (χ0v) is 19.6. The lowest BCUT2D eigenvalue weighted by molar-refractivity contribution is -0.127. The molecule has 0 bridgehead atoms. The van der Waals surface area contributed by atoms with E-state index in [9.17, 15) is 9.59 Å². The number of ketones is 1. The van der Waals surface area contributed by atoms with Gasteiger partial charge in [-0.1, -0.05) is 41.4 Å². The Balaban J connectivity index is 1.63. The Labute approximate surface area is 201 Å². The number of nitrogens with zero attached hydrogens (tertiary/aromatic N) is 2. The average Bonchev–Trinajstić information content (AvgIpc) is 3.48. The van der Waals surface area contributed by atoms with E-state index in [0.717, 1.165) is 28.1 Å². The quantitative estimate of drug-likeness (QED) is 0.548. The van der Waals surface area contributed by atoms with E-state index in [0.29, 0.717) is 16.5 Å². The summed E-state index contributed by atoms with van der Waals surface area (Å²) in [7, 11) is 0. The second-order valence-corrected chi connectivity index (χ2v) is 10.4. The van der Waals surface area contributed by atoms with E-state index in [1.165, 1.54) is 0 Å². The Hall–Kier alpha value is -2.67. The first-order valence-electron chi connectivity index (χ1n) is 11.0. The Kier molecular flexibility index (Phi) is 4.87. The van der Waals surface area contributed by atoms with E-state index in [1.54, 1.807) is 24.5 Å². The third-order valence-electron chi connectivity index (χ3n) is 7.26. The number of carbonyl (C=O) groups excluding carboxylic acids is 2. The molecule has 0 saturated carbocycles. The van der Waals surface area contributed by atoms with Gasteiger partial charge in [0.1, 0.15) is 5.54 Å². The molecular weight excluding hydrogens is 454 g/mol. The fourth-order valence-corrected chi connectivity index (χ4v) is 7.39. The summed E-state index contributed by atoms with van der Waals surface area (Å²) in [5, 5.41) is 3.76. The van der Waals surface area contributed by atoms with Gasteiger partial charge >= 0.3 is 0 Å². The highest BCUT2D eigenvalue weighted by Crippen LogP contribution is 2.61. The molecule has 3 aromatic rings. The van der Waals surface area contributed by atoms with Gasteiger partial charge in [-0.2, -0.15) is 0 Å². The van der Waals surface area contributed by atoms with Gasteiger partial charge in [-0.15, -0.1) is 11.8 Å². The maximum absolute atomic E-state index is 14.3. The van der Waals surface area contributed by atoms with E-state index >= 15 is 0 Å². The molecule has 2 fully saturated rings. The Morgan fingerprint density at radius 3 is 2.79 bits per heavy atom. The van der Waals surface area contributed by atoms with Gasteiger partial charge in [0.2, 0.25) is 5.91 Å². The van der Waals surface area contributed by atoms with Crippen LogP contribution in [-0.4, -0.2) is 39.2 Å². The molecule has 1 amide bonds. The van der Waals surface area contributed by atoms with Gasteiger partial charge in [-0.25, -0.2) is 0 Å². The Morgan fingerprint density at radius 1 is 1.21 bits per heavy atom. The second kappa shape index (κ2) is 7.69. The van der Waals surface area contributed by atoms with Crippen LogP contribution in [0.2, 0.25) is 5.02 Å². The van der Waals surface area contributed by atoms with E-state index in [-0.39, 0.29) is 23.7 Å². The summed E-state index contributed by atoms with van der Waals surface area (Å²) >= 11 is 8.01. The fraction of sp³-hybridized carbons (Fsp3) is 0.269. The molecule has 1 N–H and O–H groups in total. The van der Waals surface area contributed by atoms with Crippen molar-refractivity contribution in [2.45, 2.75) is 24.4 Å². The predicted molar refractivity (Wildman–Crippen MR) is 131 cm³/mol. The number of pyridine rings is 1. The van der Waals surface area contributed by atoms with Crippen molar-refractivity contribution < 1.29 is 9.59 Å². The number of fused-ring (bicyclic) bond motifs is 4. The lowest BCUT2D eigenvalue weighted by atomic mass is 9.69. The zero-order valence-electron chi connectivity index (χ0n) is 18.0. The summed E-state index contributed by atoms with van der Waals surface area (Å²) in [5.74, 6) is 0.660.